The summed E-state index contributed by atoms with van der Waals surface area (Å²) >= 11 is 5.80. The van der Waals surface area contributed by atoms with Crippen LogP contribution in [0.1, 0.15) is 11.1 Å². The number of halogens is 4. The van der Waals surface area contributed by atoms with Gasteiger partial charge in [0.2, 0.25) is 0 Å². The van der Waals surface area contributed by atoms with Crippen LogP contribution in [0.3, 0.4) is 0 Å². The third-order valence-corrected chi connectivity index (χ3v) is 5.47. The Morgan fingerprint density at radius 3 is 2.19 bits per heavy atom. The van der Waals surface area contributed by atoms with Gasteiger partial charge in [0.1, 0.15) is 5.02 Å². The second-order valence-electron chi connectivity index (χ2n) is 6.62. The van der Waals surface area contributed by atoms with Crippen molar-refractivity contribution >= 4 is 38.3 Å². The molecule has 3 rings (SSSR count). The van der Waals surface area contributed by atoms with E-state index in [1.807, 2.05) is 0 Å². The van der Waals surface area contributed by atoms with Crippen LogP contribution in [0.15, 0.2) is 35.1 Å². The molecule has 1 aromatic heterocycles. The molecule has 2 aromatic carbocycles. The number of hydrogen-bond donors (Lipinski definition) is 1. The minimum absolute atomic E-state index is 0.0608. The number of benzene rings is 2. The zero-order valence-electron chi connectivity index (χ0n) is 15.7. The molecule has 1 N–H and O–H groups in total. The number of nitrogens with one attached hydrogen (secondary N) is 1. The number of nitro groups is 1. The summed E-state index contributed by atoms with van der Waals surface area (Å²) in [4.78, 5) is 25.4. The Morgan fingerprint density at radius 2 is 1.68 bits per heavy atom. The summed E-state index contributed by atoms with van der Waals surface area (Å²) in [5.74, 6) is -0.999. The van der Waals surface area contributed by atoms with Crippen LogP contribution in [0.25, 0.3) is 22.0 Å². The summed E-state index contributed by atoms with van der Waals surface area (Å²) < 4.78 is 67.0. The molecule has 0 amide bonds. The Bertz CT molecular complexity index is 1380. The zero-order chi connectivity index (χ0) is 23.3. The lowest BCUT2D eigenvalue weighted by Gasteiger charge is -2.16. The Hall–Kier alpha value is -3.12. The van der Waals surface area contributed by atoms with E-state index in [1.165, 1.54) is 12.1 Å². The van der Waals surface area contributed by atoms with Crippen molar-refractivity contribution < 1.29 is 30.7 Å². The van der Waals surface area contributed by atoms with Crippen LogP contribution in [0.5, 0.6) is 5.75 Å². The first-order valence-corrected chi connectivity index (χ1v) is 10.1. The molecule has 0 unspecified atom stereocenters. The molecule has 164 valence electrons. The average Bonchev–Trinajstić information content (AvgIpc) is 2.58. The van der Waals surface area contributed by atoms with Gasteiger partial charge in [-0.1, -0.05) is 40.9 Å². The Morgan fingerprint density at radius 1 is 1.10 bits per heavy atom. The number of fused-ring (bicyclic) bond motifs is 1. The van der Waals surface area contributed by atoms with Crippen molar-refractivity contribution in [1.82, 2.24) is 4.98 Å². The quantitative estimate of drug-likeness (QED) is 0.254. The molecule has 31 heavy (non-hydrogen) atoms. The van der Waals surface area contributed by atoms with E-state index in [0.717, 1.165) is 12.1 Å². The molecule has 0 saturated carbocycles. The number of aryl methyl sites for hydroxylation is 2. The summed E-state index contributed by atoms with van der Waals surface area (Å²) in [5.41, 5.74) is -6.98. The number of aromatic amines is 1. The van der Waals surface area contributed by atoms with Gasteiger partial charge in [-0.3, -0.25) is 14.9 Å². The fourth-order valence-corrected chi connectivity index (χ4v) is 3.76. The lowest BCUT2D eigenvalue weighted by Crippen LogP contribution is -2.29. The van der Waals surface area contributed by atoms with Crippen LogP contribution in [-0.2, 0) is 10.1 Å². The molecule has 0 saturated heterocycles. The highest BCUT2D eigenvalue weighted by molar-refractivity contribution is 7.88. The molecule has 0 spiro atoms. The van der Waals surface area contributed by atoms with Crippen molar-refractivity contribution in [3.8, 4) is 16.9 Å². The van der Waals surface area contributed by atoms with E-state index in [2.05, 4.69) is 9.17 Å². The monoisotopic (exact) mass is 476 g/mol. The van der Waals surface area contributed by atoms with Crippen molar-refractivity contribution in [2.45, 2.75) is 19.4 Å². The molecule has 0 bridgehead atoms. The van der Waals surface area contributed by atoms with Gasteiger partial charge in [0, 0.05) is 11.5 Å². The first kappa shape index (κ1) is 22.6. The molecule has 1 heterocycles. The van der Waals surface area contributed by atoms with Crippen molar-refractivity contribution in [3.63, 3.8) is 0 Å². The number of hydrogen-bond acceptors (Lipinski definition) is 6. The molecule has 0 radical (unpaired) electrons. The third-order valence-electron chi connectivity index (χ3n) is 4.22. The SMILES string of the molecule is Cc1cc(C)cc(-c2c(OS(=O)(=O)C(F)(F)F)c3cc([N+](=O)[O-])c(Cl)cc3[nH]c2=O)c1. The minimum atomic E-state index is -6.21. The third kappa shape index (κ3) is 4.21. The van der Waals surface area contributed by atoms with E-state index >= 15 is 0 Å². The second kappa shape index (κ2) is 7.54. The van der Waals surface area contributed by atoms with Crippen LogP contribution in [-0.4, -0.2) is 23.8 Å². The number of alkyl halides is 3. The van der Waals surface area contributed by atoms with Crippen LogP contribution in [0.4, 0.5) is 18.9 Å². The van der Waals surface area contributed by atoms with E-state index in [4.69, 9.17) is 11.6 Å². The number of pyridine rings is 1. The van der Waals surface area contributed by atoms with Gasteiger partial charge in [-0.15, -0.1) is 0 Å². The highest BCUT2D eigenvalue weighted by Crippen LogP contribution is 2.40. The molecular formula is C18H12ClF3N2O6S. The van der Waals surface area contributed by atoms with Crippen LogP contribution < -0.4 is 9.74 Å². The van der Waals surface area contributed by atoms with E-state index in [-0.39, 0.29) is 11.1 Å². The molecular weight excluding hydrogens is 465 g/mol. The molecule has 8 nitrogen and oxygen atoms in total. The van der Waals surface area contributed by atoms with Gasteiger partial charge in [-0.2, -0.15) is 21.6 Å². The predicted octanol–water partition coefficient (Wildman–Crippen LogP) is 4.60. The van der Waals surface area contributed by atoms with Gasteiger partial charge < -0.3 is 9.17 Å². The molecule has 0 aliphatic carbocycles. The maximum absolute atomic E-state index is 13.0. The Labute approximate surface area is 177 Å². The van der Waals surface area contributed by atoms with E-state index in [0.29, 0.717) is 11.1 Å². The zero-order valence-corrected chi connectivity index (χ0v) is 17.3. The summed E-state index contributed by atoms with van der Waals surface area (Å²) in [7, 11) is -6.21. The van der Waals surface area contributed by atoms with Gasteiger partial charge in [0.05, 0.1) is 16.0 Å². The van der Waals surface area contributed by atoms with E-state index < -0.39 is 53.5 Å². The number of nitro benzene ring substituents is 1. The van der Waals surface area contributed by atoms with Gasteiger partial charge >= 0.3 is 15.6 Å². The second-order valence-corrected chi connectivity index (χ2v) is 8.57. The van der Waals surface area contributed by atoms with Gasteiger partial charge in [0.15, 0.2) is 5.75 Å². The maximum atomic E-state index is 13.0. The number of aromatic nitrogens is 1. The standard InChI is InChI=1S/C18H12ClF3N2O6S/c1-8-3-9(2)5-10(4-8)15-16(30-31(28,29)18(20,21)22)11-6-14(24(26)27)12(19)7-13(11)23-17(15)25/h3-7H,1-2H3,(H,23,25). The van der Waals surface area contributed by atoms with Crippen LogP contribution >= 0.6 is 11.6 Å². The highest BCUT2D eigenvalue weighted by atomic mass is 35.5. The fraction of sp³-hybridized carbons (Fsp3) is 0.167. The molecule has 3 aromatic rings. The minimum Gasteiger partial charge on any atom is -0.374 e. The topological polar surface area (TPSA) is 119 Å². The predicted molar refractivity (Wildman–Crippen MR) is 107 cm³/mol. The van der Waals surface area contributed by atoms with Gasteiger partial charge in [-0.25, -0.2) is 0 Å². The van der Waals surface area contributed by atoms with Crippen molar-refractivity contribution in [2.75, 3.05) is 0 Å². The number of nitrogens with zero attached hydrogens (tertiary/aromatic N) is 1. The normalized spacial score (nSPS) is 12.2. The van der Waals surface area contributed by atoms with Gasteiger partial charge in [-0.05, 0) is 25.5 Å². The van der Waals surface area contributed by atoms with Crippen molar-refractivity contribution in [1.29, 1.82) is 0 Å². The summed E-state index contributed by atoms with van der Waals surface area (Å²) in [6.45, 7) is 3.31. The summed E-state index contributed by atoms with van der Waals surface area (Å²) in [6.07, 6.45) is 0. The first-order chi connectivity index (χ1) is 14.2. The summed E-state index contributed by atoms with van der Waals surface area (Å²) in [6, 6.07) is 6.24. The van der Waals surface area contributed by atoms with E-state index in [1.54, 1.807) is 19.9 Å². The van der Waals surface area contributed by atoms with E-state index in [9.17, 15) is 36.5 Å². The maximum Gasteiger partial charge on any atom is 0.534 e. The molecule has 0 fully saturated rings. The lowest BCUT2D eigenvalue weighted by atomic mass is 9.99. The van der Waals surface area contributed by atoms with Gasteiger partial charge in [0.25, 0.3) is 11.2 Å². The lowest BCUT2D eigenvalue weighted by molar-refractivity contribution is -0.384. The number of H-pyrrole nitrogens is 1. The smallest absolute Gasteiger partial charge is 0.374 e. The van der Waals surface area contributed by atoms with Crippen molar-refractivity contribution in [3.05, 3.63) is 66.9 Å². The Balaban J connectivity index is 2.50. The average molecular weight is 477 g/mol. The molecule has 0 aliphatic rings. The largest absolute Gasteiger partial charge is 0.534 e. The fourth-order valence-electron chi connectivity index (χ4n) is 3.04. The molecule has 0 atom stereocenters. The number of rotatable bonds is 4. The van der Waals surface area contributed by atoms with Crippen molar-refractivity contribution in [2.24, 2.45) is 0 Å². The summed E-state index contributed by atoms with van der Waals surface area (Å²) in [5, 5.41) is 10.4. The molecule has 13 heteroatoms. The first-order valence-electron chi connectivity index (χ1n) is 8.34. The van der Waals surface area contributed by atoms with Crippen LogP contribution in [0, 0.1) is 24.0 Å². The highest BCUT2D eigenvalue weighted by Gasteiger charge is 2.49. The Kier molecular flexibility index (Phi) is 5.48. The molecule has 0 aliphatic heterocycles. The van der Waals surface area contributed by atoms with Crippen LogP contribution in [0.2, 0.25) is 5.02 Å².